The first-order valence-electron chi connectivity index (χ1n) is 8.25. The molecule has 1 amide bonds. The van der Waals surface area contributed by atoms with Crippen LogP contribution in [0.5, 0.6) is 0 Å². The summed E-state index contributed by atoms with van der Waals surface area (Å²) in [7, 11) is 0. The molecule has 0 atom stereocenters. The van der Waals surface area contributed by atoms with Crippen molar-refractivity contribution in [2.24, 2.45) is 5.92 Å². The molecule has 6 nitrogen and oxygen atoms in total. The van der Waals surface area contributed by atoms with E-state index < -0.39 is 0 Å². The van der Waals surface area contributed by atoms with Crippen molar-refractivity contribution in [3.8, 4) is 0 Å². The summed E-state index contributed by atoms with van der Waals surface area (Å²) in [5, 5.41) is 10.2. The number of aliphatic hydroxyl groups is 1. The van der Waals surface area contributed by atoms with Crippen molar-refractivity contribution in [3.05, 3.63) is 36.0 Å². The maximum Gasteiger partial charge on any atom is 0.233 e. The lowest BCUT2D eigenvalue weighted by molar-refractivity contribution is -0.129. The normalized spacial score (nSPS) is 15.8. The molecule has 3 heterocycles. The Labute approximate surface area is 145 Å². The molecular weight excluding hydrogens is 326 g/mol. The van der Waals surface area contributed by atoms with E-state index in [-0.39, 0.29) is 12.5 Å². The summed E-state index contributed by atoms with van der Waals surface area (Å²) in [5.41, 5.74) is 0.716. The van der Waals surface area contributed by atoms with Crippen LogP contribution in [0, 0.1) is 5.92 Å². The number of aliphatic hydroxyl groups excluding tert-OH is 1. The second kappa shape index (κ2) is 7.90. The van der Waals surface area contributed by atoms with Gasteiger partial charge in [-0.2, -0.15) is 0 Å². The van der Waals surface area contributed by atoms with Crippen LogP contribution in [0.4, 0.5) is 0 Å². The smallest absolute Gasteiger partial charge is 0.233 e. The molecule has 3 rings (SSSR count). The Hall–Kier alpha value is -1.73. The van der Waals surface area contributed by atoms with Gasteiger partial charge in [-0.05, 0) is 30.9 Å². The number of carbonyl (C=O) groups excluding carboxylic acids is 1. The number of amides is 1. The molecule has 7 heteroatoms. The highest BCUT2D eigenvalue weighted by Crippen LogP contribution is 2.22. The molecule has 0 aliphatic carbocycles. The minimum Gasteiger partial charge on any atom is -0.467 e. The average molecular weight is 349 g/mol. The first-order chi connectivity index (χ1) is 11.7. The van der Waals surface area contributed by atoms with Crippen molar-refractivity contribution >= 4 is 17.7 Å². The number of rotatable bonds is 6. The molecule has 24 heavy (non-hydrogen) atoms. The van der Waals surface area contributed by atoms with Crippen molar-refractivity contribution in [2.45, 2.75) is 38.1 Å². The molecule has 130 valence electrons. The molecule has 0 bridgehead atoms. The van der Waals surface area contributed by atoms with Crippen LogP contribution in [0.2, 0.25) is 0 Å². The Morgan fingerprint density at radius 3 is 2.92 bits per heavy atom. The summed E-state index contributed by atoms with van der Waals surface area (Å²) in [6.07, 6.45) is 5.44. The van der Waals surface area contributed by atoms with Crippen molar-refractivity contribution in [1.29, 1.82) is 0 Å². The highest BCUT2D eigenvalue weighted by atomic mass is 32.2. The third-order valence-corrected chi connectivity index (χ3v) is 5.39. The molecule has 2 aromatic rings. The Morgan fingerprint density at radius 1 is 1.46 bits per heavy atom. The molecule has 0 spiro atoms. The molecule has 1 fully saturated rings. The van der Waals surface area contributed by atoms with Crippen molar-refractivity contribution in [1.82, 2.24) is 14.5 Å². The number of piperidine rings is 1. The lowest BCUT2D eigenvalue weighted by atomic mass is 9.99. The fraction of sp³-hybridized carbons (Fsp3) is 0.529. The largest absolute Gasteiger partial charge is 0.467 e. The van der Waals surface area contributed by atoms with Crippen LogP contribution in [0.1, 0.15) is 31.2 Å². The van der Waals surface area contributed by atoms with Crippen LogP contribution in [0.25, 0.3) is 0 Å². The molecule has 0 aromatic carbocycles. The standard InChI is InChI=1S/C17H23N3O3S/c1-13-4-6-19(7-5-13)16(22)12-24-17-18-9-14(11-21)20(17)10-15-3-2-8-23-15/h2-3,8-9,13,21H,4-7,10-12H2,1H3. The van der Waals surface area contributed by atoms with Crippen LogP contribution in [0.15, 0.2) is 34.2 Å². The zero-order chi connectivity index (χ0) is 16.9. The summed E-state index contributed by atoms with van der Waals surface area (Å²) in [6.45, 7) is 4.35. The van der Waals surface area contributed by atoms with Crippen molar-refractivity contribution < 1.29 is 14.3 Å². The van der Waals surface area contributed by atoms with Gasteiger partial charge >= 0.3 is 0 Å². The van der Waals surface area contributed by atoms with Crippen molar-refractivity contribution in [2.75, 3.05) is 18.8 Å². The summed E-state index contributed by atoms with van der Waals surface area (Å²) in [5.74, 6) is 2.03. The van der Waals surface area contributed by atoms with Gasteiger partial charge in [0, 0.05) is 13.1 Å². The molecule has 0 saturated carbocycles. The van der Waals surface area contributed by atoms with Crippen LogP contribution in [0.3, 0.4) is 0 Å². The summed E-state index contributed by atoms with van der Waals surface area (Å²) >= 11 is 1.42. The van der Waals surface area contributed by atoms with E-state index in [2.05, 4.69) is 11.9 Å². The Bertz CT molecular complexity index is 661. The molecule has 2 aromatic heterocycles. The third kappa shape index (κ3) is 4.02. The van der Waals surface area contributed by atoms with E-state index in [4.69, 9.17) is 4.42 Å². The maximum absolute atomic E-state index is 12.4. The monoisotopic (exact) mass is 349 g/mol. The van der Waals surface area contributed by atoms with Gasteiger partial charge in [0.1, 0.15) is 5.76 Å². The van der Waals surface area contributed by atoms with Crippen LogP contribution in [-0.2, 0) is 17.9 Å². The van der Waals surface area contributed by atoms with Gasteiger partial charge in [-0.3, -0.25) is 4.79 Å². The minimum atomic E-state index is -0.0910. The predicted octanol–water partition coefficient (Wildman–Crippen LogP) is 2.37. The molecule has 0 unspecified atom stereocenters. The van der Waals surface area contributed by atoms with Gasteiger partial charge in [-0.1, -0.05) is 18.7 Å². The molecule has 1 saturated heterocycles. The molecule has 1 aliphatic rings. The van der Waals surface area contributed by atoms with Gasteiger partial charge in [0.2, 0.25) is 5.91 Å². The Kier molecular flexibility index (Phi) is 5.63. The fourth-order valence-corrected chi connectivity index (χ4v) is 3.74. The Morgan fingerprint density at radius 2 is 2.25 bits per heavy atom. The highest BCUT2D eigenvalue weighted by Gasteiger charge is 2.21. The van der Waals surface area contributed by atoms with E-state index in [0.717, 1.165) is 36.8 Å². The zero-order valence-corrected chi connectivity index (χ0v) is 14.7. The van der Waals surface area contributed by atoms with Crippen LogP contribution < -0.4 is 0 Å². The maximum atomic E-state index is 12.4. The fourth-order valence-electron chi connectivity index (χ4n) is 2.84. The third-order valence-electron chi connectivity index (χ3n) is 4.42. The quantitative estimate of drug-likeness (QED) is 0.811. The van der Waals surface area contributed by atoms with E-state index in [1.165, 1.54) is 11.8 Å². The number of carbonyl (C=O) groups is 1. The molecule has 1 aliphatic heterocycles. The number of nitrogens with zero attached hydrogens (tertiary/aromatic N) is 3. The second-order valence-corrected chi connectivity index (χ2v) is 7.15. The van der Waals surface area contributed by atoms with E-state index >= 15 is 0 Å². The molecular formula is C17H23N3O3S. The number of hydrogen-bond donors (Lipinski definition) is 1. The van der Waals surface area contributed by atoms with Crippen LogP contribution >= 0.6 is 11.8 Å². The number of aromatic nitrogens is 2. The van der Waals surface area contributed by atoms with Gasteiger partial charge in [0.05, 0.1) is 37.1 Å². The zero-order valence-electron chi connectivity index (χ0n) is 13.9. The van der Waals surface area contributed by atoms with Crippen molar-refractivity contribution in [3.63, 3.8) is 0 Å². The van der Waals surface area contributed by atoms with Gasteiger partial charge in [0.15, 0.2) is 5.16 Å². The van der Waals surface area contributed by atoms with E-state index in [1.54, 1.807) is 12.5 Å². The first-order valence-corrected chi connectivity index (χ1v) is 9.24. The van der Waals surface area contributed by atoms with Gasteiger partial charge in [-0.25, -0.2) is 4.98 Å². The number of likely N-dealkylation sites (tertiary alicyclic amines) is 1. The number of furan rings is 1. The second-order valence-electron chi connectivity index (χ2n) is 6.21. The predicted molar refractivity (Wildman–Crippen MR) is 91.7 cm³/mol. The van der Waals surface area contributed by atoms with Gasteiger partial charge in [-0.15, -0.1) is 0 Å². The lowest BCUT2D eigenvalue weighted by Gasteiger charge is -2.30. The van der Waals surface area contributed by atoms with Gasteiger partial charge in [0.25, 0.3) is 0 Å². The SMILES string of the molecule is CC1CCN(C(=O)CSc2ncc(CO)n2Cc2ccco2)CC1. The summed E-state index contributed by atoms with van der Waals surface area (Å²) in [6, 6.07) is 3.72. The molecule has 1 N–H and O–H groups in total. The topological polar surface area (TPSA) is 71.5 Å². The van der Waals surface area contributed by atoms with E-state index in [1.807, 2.05) is 21.6 Å². The van der Waals surface area contributed by atoms with E-state index in [9.17, 15) is 9.90 Å². The number of imidazole rings is 1. The van der Waals surface area contributed by atoms with E-state index in [0.29, 0.717) is 23.9 Å². The number of thioether (sulfide) groups is 1. The summed E-state index contributed by atoms with van der Waals surface area (Å²) < 4.78 is 7.28. The average Bonchev–Trinajstić information content (AvgIpc) is 3.23. The number of hydrogen-bond acceptors (Lipinski definition) is 5. The molecule has 0 radical (unpaired) electrons. The Balaban J connectivity index is 1.62. The summed E-state index contributed by atoms with van der Waals surface area (Å²) in [4.78, 5) is 18.7. The minimum absolute atomic E-state index is 0.0910. The lowest BCUT2D eigenvalue weighted by Crippen LogP contribution is -2.38. The first kappa shape index (κ1) is 17.1. The van der Waals surface area contributed by atoms with Gasteiger partial charge < -0.3 is 19.0 Å². The van der Waals surface area contributed by atoms with Crippen LogP contribution in [-0.4, -0.2) is 44.3 Å². The highest BCUT2D eigenvalue weighted by molar-refractivity contribution is 7.99.